The van der Waals surface area contributed by atoms with Crippen LogP contribution in [0, 0.1) is 0 Å². The zero-order chi connectivity index (χ0) is 12.1. The zero-order valence-electron chi connectivity index (χ0n) is 9.47. The van der Waals surface area contributed by atoms with Crippen molar-refractivity contribution in [2.24, 2.45) is 0 Å². The minimum absolute atomic E-state index is 0.0191. The van der Waals surface area contributed by atoms with Gasteiger partial charge in [-0.2, -0.15) is 0 Å². The lowest BCUT2D eigenvalue weighted by atomic mass is 10.3. The minimum Gasteiger partial charge on any atom is -0.325 e. The first-order valence-electron chi connectivity index (χ1n) is 5.26. The summed E-state index contributed by atoms with van der Waals surface area (Å²) in [6.07, 6.45) is 0. The monoisotopic (exact) mass is 263 g/mol. The molecule has 2 nitrogen and oxygen atoms in total. The van der Waals surface area contributed by atoms with Crippen molar-refractivity contribution in [3.63, 3.8) is 0 Å². The van der Waals surface area contributed by atoms with Crippen LogP contribution < -0.4 is 5.32 Å². The number of rotatable bonds is 4. The smallest absolute Gasteiger partial charge is 0.221 e. The molecule has 17 heavy (non-hydrogen) atoms. The summed E-state index contributed by atoms with van der Waals surface area (Å²) in [5, 5.41) is 6.91. The number of benzene rings is 1. The van der Waals surface area contributed by atoms with E-state index >= 15 is 0 Å². The summed E-state index contributed by atoms with van der Waals surface area (Å²) in [5.41, 5.74) is 2.12. The molecule has 0 bridgehead atoms. The number of carbonyl (C=O) groups excluding carboxylic acids is 1. The van der Waals surface area contributed by atoms with Gasteiger partial charge in [0.1, 0.15) is 0 Å². The molecule has 0 aliphatic heterocycles. The summed E-state index contributed by atoms with van der Waals surface area (Å²) < 4.78 is 0. The highest BCUT2D eigenvalue weighted by Crippen LogP contribution is 2.29. The number of anilines is 1. The lowest BCUT2D eigenvalue weighted by Gasteiger charge is -2.04. The second-order valence-electron chi connectivity index (χ2n) is 3.59. The number of amides is 1. The third kappa shape index (κ3) is 3.61. The van der Waals surface area contributed by atoms with E-state index < -0.39 is 0 Å². The fraction of sp³-hybridized carbons (Fsp3) is 0.154. The Labute approximate surface area is 109 Å². The molecule has 1 aromatic carbocycles. The van der Waals surface area contributed by atoms with Crippen LogP contribution in [-0.2, 0) is 10.5 Å². The predicted octanol–water partition coefficient (Wildman–Crippen LogP) is 4.00. The fourth-order valence-corrected chi connectivity index (χ4v) is 3.22. The van der Waals surface area contributed by atoms with Gasteiger partial charge in [-0.25, -0.2) is 0 Å². The van der Waals surface area contributed by atoms with Gasteiger partial charge in [0.25, 0.3) is 0 Å². The van der Waals surface area contributed by atoms with Gasteiger partial charge < -0.3 is 5.32 Å². The normalized spacial score (nSPS) is 10.2. The number of nitrogens with one attached hydrogen (secondary N) is 1. The lowest BCUT2D eigenvalue weighted by Crippen LogP contribution is -2.06. The van der Waals surface area contributed by atoms with Crippen molar-refractivity contribution in [2.45, 2.75) is 17.6 Å². The van der Waals surface area contributed by atoms with Crippen molar-refractivity contribution in [3.8, 4) is 0 Å². The molecule has 0 radical (unpaired) electrons. The Kier molecular flexibility index (Phi) is 4.23. The summed E-state index contributed by atoms with van der Waals surface area (Å²) in [7, 11) is 0. The maximum Gasteiger partial charge on any atom is 0.221 e. The van der Waals surface area contributed by atoms with Crippen molar-refractivity contribution < 1.29 is 4.79 Å². The maximum atomic E-state index is 11.0. The molecule has 0 atom stereocenters. The molecular formula is C13H13NOS2. The van der Waals surface area contributed by atoms with E-state index in [1.807, 2.05) is 23.6 Å². The molecule has 0 unspecified atom stereocenters. The third-order valence-corrected chi connectivity index (χ3v) is 4.04. The molecule has 1 heterocycles. The van der Waals surface area contributed by atoms with Crippen molar-refractivity contribution >= 4 is 34.7 Å². The molecule has 1 N–H and O–H groups in total. The predicted molar refractivity (Wildman–Crippen MR) is 74.6 cm³/mol. The number of thiophene rings is 1. The van der Waals surface area contributed by atoms with E-state index in [4.69, 9.17) is 0 Å². The molecular weight excluding hydrogens is 250 g/mol. The van der Waals surface area contributed by atoms with Gasteiger partial charge in [-0.1, -0.05) is 18.2 Å². The van der Waals surface area contributed by atoms with E-state index in [9.17, 15) is 4.79 Å². The summed E-state index contributed by atoms with van der Waals surface area (Å²) in [4.78, 5) is 12.3. The largest absolute Gasteiger partial charge is 0.325 e. The Morgan fingerprint density at radius 1 is 1.29 bits per heavy atom. The molecule has 88 valence electrons. The van der Waals surface area contributed by atoms with E-state index in [1.165, 1.54) is 17.4 Å². The Bertz CT molecular complexity index is 493. The standard InChI is InChI=1S/C13H13NOS2/c1-10(15)14-13-9-16-7-11(13)8-17-12-5-3-2-4-6-12/h2-7,9H,8H2,1H3,(H,14,15). The second kappa shape index (κ2) is 5.89. The molecule has 2 aromatic rings. The van der Waals surface area contributed by atoms with E-state index in [-0.39, 0.29) is 5.91 Å². The fourth-order valence-electron chi connectivity index (χ4n) is 1.41. The summed E-state index contributed by atoms with van der Waals surface area (Å²) >= 11 is 3.39. The highest BCUT2D eigenvalue weighted by molar-refractivity contribution is 7.98. The zero-order valence-corrected chi connectivity index (χ0v) is 11.1. The van der Waals surface area contributed by atoms with E-state index in [2.05, 4.69) is 22.8 Å². The Balaban J connectivity index is 2.00. The SMILES string of the molecule is CC(=O)Nc1cscc1CSc1ccccc1. The molecule has 0 spiro atoms. The minimum atomic E-state index is -0.0191. The topological polar surface area (TPSA) is 29.1 Å². The van der Waals surface area contributed by atoms with Gasteiger partial charge in [-0.3, -0.25) is 4.79 Å². The Morgan fingerprint density at radius 3 is 2.76 bits per heavy atom. The molecule has 2 rings (SSSR count). The molecule has 4 heteroatoms. The summed E-state index contributed by atoms with van der Waals surface area (Å²) in [6.45, 7) is 1.53. The maximum absolute atomic E-state index is 11.0. The van der Waals surface area contributed by atoms with Crippen molar-refractivity contribution in [1.82, 2.24) is 0 Å². The van der Waals surface area contributed by atoms with Gasteiger partial charge in [-0.05, 0) is 23.1 Å². The van der Waals surface area contributed by atoms with Crippen LogP contribution in [0.15, 0.2) is 46.0 Å². The van der Waals surface area contributed by atoms with Crippen molar-refractivity contribution in [3.05, 3.63) is 46.7 Å². The van der Waals surface area contributed by atoms with Crippen molar-refractivity contribution in [1.29, 1.82) is 0 Å². The number of thioether (sulfide) groups is 1. The molecule has 0 saturated carbocycles. The Morgan fingerprint density at radius 2 is 2.06 bits per heavy atom. The number of hydrogen-bond acceptors (Lipinski definition) is 3. The lowest BCUT2D eigenvalue weighted by molar-refractivity contribution is -0.114. The van der Waals surface area contributed by atoms with Crippen LogP contribution in [0.25, 0.3) is 0 Å². The van der Waals surface area contributed by atoms with Crippen LogP contribution in [0.4, 0.5) is 5.69 Å². The van der Waals surface area contributed by atoms with Gasteiger partial charge in [0.05, 0.1) is 5.69 Å². The van der Waals surface area contributed by atoms with E-state index in [0.717, 1.165) is 11.4 Å². The van der Waals surface area contributed by atoms with E-state index in [1.54, 1.807) is 23.1 Å². The van der Waals surface area contributed by atoms with Crippen LogP contribution in [0.1, 0.15) is 12.5 Å². The first-order valence-corrected chi connectivity index (χ1v) is 7.19. The van der Waals surface area contributed by atoms with Crippen LogP contribution in [0.2, 0.25) is 0 Å². The molecule has 0 aliphatic carbocycles. The number of hydrogen-bond donors (Lipinski definition) is 1. The van der Waals surface area contributed by atoms with Gasteiger partial charge in [-0.15, -0.1) is 23.1 Å². The van der Waals surface area contributed by atoms with E-state index in [0.29, 0.717) is 0 Å². The van der Waals surface area contributed by atoms with Gasteiger partial charge in [0.2, 0.25) is 5.91 Å². The van der Waals surface area contributed by atoms with Gasteiger partial charge in [0.15, 0.2) is 0 Å². The average Bonchev–Trinajstić information content (AvgIpc) is 2.74. The Hall–Kier alpha value is -1.26. The quantitative estimate of drug-likeness (QED) is 0.845. The number of carbonyl (C=O) groups is 1. The molecule has 0 fully saturated rings. The molecule has 0 aliphatic rings. The van der Waals surface area contributed by atoms with Gasteiger partial charge >= 0.3 is 0 Å². The second-order valence-corrected chi connectivity index (χ2v) is 5.39. The highest BCUT2D eigenvalue weighted by atomic mass is 32.2. The van der Waals surface area contributed by atoms with Crippen LogP contribution in [0.3, 0.4) is 0 Å². The summed E-state index contributed by atoms with van der Waals surface area (Å²) in [5.74, 6) is 0.859. The first kappa shape index (κ1) is 12.2. The van der Waals surface area contributed by atoms with Crippen LogP contribution >= 0.6 is 23.1 Å². The first-order chi connectivity index (χ1) is 8.25. The summed E-state index contributed by atoms with van der Waals surface area (Å²) in [6, 6.07) is 10.3. The van der Waals surface area contributed by atoms with Crippen molar-refractivity contribution in [2.75, 3.05) is 5.32 Å². The molecule has 0 saturated heterocycles. The molecule has 1 aromatic heterocycles. The van der Waals surface area contributed by atoms with Crippen LogP contribution in [-0.4, -0.2) is 5.91 Å². The van der Waals surface area contributed by atoms with Crippen LogP contribution in [0.5, 0.6) is 0 Å². The third-order valence-electron chi connectivity index (χ3n) is 2.19. The van der Waals surface area contributed by atoms with Gasteiger partial charge in [0, 0.05) is 23.0 Å². The highest BCUT2D eigenvalue weighted by Gasteiger charge is 2.05. The molecule has 1 amide bonds. The average molecular weight is 263 g/mol.